The maximum atomic E-state index is 12.8. The van der Waals surface area contributed by atoms with Crippen molar-refractivity contribution in [2.75, 3.05) is 6.67 Å². The molecule has 0 bridgehead atoms. The van der Waals surface area contributed by atoms with Gasteiger partial charge in [0.05, 0.1) is 11.6 Å². The summed E-state index contributed by atoms with van der Waals surface area (Å²) in [5.74, 6) is -0.571. The Morgan fingerprint density at radius 1 is 1.57 bits per heavy atom. The zero-order chi connectivity index (χ0) is 10.7. The number of benzene rings is 1. The number of rotatable bonds is 3. The lowest BCUT2D eigenvalue weighted by Gasteiger charge is -2.05. The summed E-state index contributed by atoms with van der Waals surface area (Å²) in [6, 6.07) is 3.31. The number of hydrogen-bond donors (Lipinski definition) is 0. The van der Waals surface area contributed by atoms with Crippen LogP contribution in [0.4, 0.5) is 14.5 Å². The number of hydrogen-bond acceptors (Lipinski definition) is 2. The quantitative estimate of drug-likeness (QED) is 0.556. The Bertz CT molecular complexity index is 355. The summed E-state index contributed by atoms with van der Waals surface area (Å²) >= 11 is 0. The molecule has 0 amide bonds. The first-order valence-corrected chi connectivity index (χ1v) is 3.89. The van der Waals surface area contributed by atoms with E-state index < -0.39 is 23.1 Å². The predicted molar refractivity (Wildman–Crippen MR) is 47.0 cm³/mol. The Morgan fingerprint density at radius 2 is 2.21 bits per heavy atom. The van der Waals surface area contributed by atoms with Crippen molar-refractivity contribution >= 4 is 5.69 Å². The van der Waals surface area contributed by atoms with E-state index in [0.29, 0.717) is 11.5 Å². The van der Waals surface area contributed by atoms with Crippen molar-refractivity contribution in [1.29, 1.82) is 0 Å². The standard InChI is InChI=1S/C9H8F2NO2/c1-6(5-10)7-2-3-8(11)9(4-7)12(13)14/h2-4H,5H2,1H3. The summed E-state index contributed by atoms with van der Waals surface area (Å²) in [5, 5.41) is 10.3. The maximum Gasteiger partial charge on any atom is 0.305 e. The van der Waals surface area contributed by atoms with Gasteiger partial charge < -0.3 is 0 Å². The third-order valence-corrected chi connectivity index (χ3v) is 1.84. The van der Waals surface area contributed by atoms with Crippen molar-refractivity contribution in [2.45, 2.75) is 6.92 Å². The van der Waals surface area contributed by atoms with Gasteiger partial charge in [0.1, 0.15) is 0 Å². The number of nitro groups is 1. The molecule has 1 rings (SSSR count). The molecule has 0 aliphatic heterocycles. The molecular weight excluding hydrogens is 192 g/mol. The molecule has 0 atom stereocenters. The van der Waals surface area contributed by atoms with Crippen molar-refractivity contribution in [3.63, 3.8) is 0 Å². The summed E-state index contributed by atoms with van der Waals surface area (Å²) in [6.07, 6.45) is 0. The zero-order valence-electron chi connectivity index (χ0n) is 7.46. The average molecular weight is 200 g/mol. The Labute approximate surface area is 79.5 Å². The fourth-order valence-corrected chi connectivity index (χ4v) is 0.995. The highest BCUT2D eigenvalue weighted by Crippen LogP contribution is 2.23. The van der Waals surface area contributed by atoms with Gasteiger partial charge in [-0.2, -0.15) is 4.39 Å². The Hall–Kier alpha value is -1.52. The molecule has 3 nitrogen and oxygen atoms in total. The van der Waals surface area contributed by atoms with Crippen LogP contribution in [0.5, 0.6) is 0 Å². The van der Waals surface area contributed by atoms with E-state index in [0.717, 1.165) is 12.1 Å². The van der Waals surface area contributed by atoms with Gasteiger partial charge in [-0.15, -0.1) is 0 Å². The second kappa shape index (κ2) is 4.13. The minimum absolute atomic E-state index is 0.341. The lowest BCUT2D eigenvalue weighted by Crippen LogP contribution is -1.99. The largest absolute Gasteiger partial charge is 0.305 e. The van der Waals surface area contributed by atoms with Crippen molar-refractivity contribution in [1.82, 2.24) is 0 Å². The molecule has 1 radical (unpaired) electrons. The number of nitro benzene ring substituents is 1. The predicted octanol–water partition coefficient (Wildman–Crippen LogP) is 2.65. The molecule has 0 spiro atoms. The van der Waals surface area contributed by atoms with E-state index in [1.165, 1.54) is 13.0 Å². The van der Waals surface area contributed by atoms with E-state index in [1.807, 2.05) is 0 Å². The van der Waals surface area contributed by atoms with Gasteiger partial charge in [-0.05, 0) is 11.6 Å². The van der Waals surface area contributed by atoms with Crippen LogP contribution < -0.4 is 0 Å². The summed E-state index contributed by atoms with van der Waals surface area (Å²) in [7, 11) is 0. The van der Waals surface area contributed by atoms with Gasteiger partial charge in [0.25, 0.3) is 0 Å². The molecule has 0 N–H and O–H groups in total. The molecule has 0 unspecified atom stereocenters. The molecule has 0 aliphatic carbocycles. The number of nitrogens with zero attached hydrogens (tertiary/aromatic N) is 1. The first kappa shape index (κ1) is 10.6. The van der Waals surface area contributed by atoms with E-state index in [-0.39, 0.29) is 0 Å². The van der Waals surface area contributed by atoms with E-state index >= 15 is 0 Å². The fourth-order valence-electron chi connectivity index (χ4n) is 0.995. The van der Waals surface area contributed by atoms with Gasteiger partial charge in [0, 0.05) is 12.0 Å². The third kappa shape index (κ3) is 2.04. The molecule has 0 saturated carbocycles. The van der Waals surface area contributed by atoms with Crippen molar-refractivity contribution in [2.24, 2.45) is 0 Å². The molecule has 0 fully saturated rings. The molecule has 1 aromatic carbocycles. The highest BCUT2D eigenvalue weighted by molar-refractivity contribution is 5.41. The fraction of sp³-hybridized carbons (Fsp3) is 0.222. The normalized spacial score (nSPS) is 10.6. The molecule has 0 aliphatic rings. The minimum atomic E-state index is -0.912. The minimum Gasteiger partial charge on any atom is -0.258 e. The Morgan fingerprint density at radius 3 is 2.71 bits per heavy atom. The molecule has 14 heavy (non-hydrogen) atoms. The van der Waals surface area contributed by atoms with Gasteiger partial charge in [-0.25, -0.2) is 0 Å². The Kier molecular flexibility index (Phi) is 3.11. The SMILES string of the molecule is C[C](CF)c1ccc(F)c([N+](=O)[O-])c1. The Balaban J connectivity index is 3.12. The van der Waals surface area contributed by atoms with Crippen molar-refractivity contribution < 1.29 is 13.7 Å². The van der Waals surface area contributed by atoms with Crippen LogP contribution in [0, 0.1) is 21.8 Å². The first-order chi connectivity index (χ1) is 6.56. The van der Waals surface area contributed by atoms with Crippen LogP contribution in [0.2, 0.25) is 0 Å². The molecule has 1 aromatic rings. The summed E-state index contributed by atoms with van der Waals surface area (Å²) in [4.78, 5) is 9.52. The summed E-state index contributed by atoms with van der Waals surface area (Å²) in [5.41, 5.74) is -0.282. The molecule has 0 heterocycles. The van der Waals surface area contributed by atoms with Crippen LogP contribution in [0.1, 0.15) is 12.5 Å². The van der Waals surface area contributed by atoms with E-state index in [4.69, 9.17) is 0 Å². The van der Waals surface area contributed by atoms with Gasteiger partial charge >= 0.3 is 5.69 Å². The third-order valence-electron chi connectivity index (χ3n) is 1.84. The van der Waals surface area contributed by atoms with Crippen LogP contribution in [0.3, 0.4) is 0 Å². The second-order valence-electron chi connectivity index (χ2n) is 2.84. The average Bonchev–Trinajstić information content (AvgIpc) is 2.17. The van der Waals surface area contributed by atoms with Crippen LogP contribution in [0.25, 0.3) is 0 Å². The van der Waals surface area contributed by atoms with Gasteiger partial charge in [0.15, 0.2) is 0 Å². The van der Waals surface area contributed by atoms with Gasteiger partial charge in [0.2, 0.25) is 5.82 Å². The lowest BCUT2D eigenvalue weighted by molar-refractivity contribution is -0.387. The molecule has 5 heteroatoms. The highest BCUT2D eigenvalue weighted by Gasteiger charge is 2.16. The highest BCUT2D eigenvalue weighted by atomic mass is 19.1. The van der Waals surface area contributed by atoms with Crippen molar-refractivity contribution in [3.8, 4) is 0 Å². The molecular formula is C9H8F2NO2. The lowest BCUT2D eigenvalue weighted by atomic mass is 10.0. The van der Waals surface area contributed by atoms with E-state index in [2.05, 4.69) is 0 Å². The van der Waals surface area contributed by atoms with Gasteiger partial charge in [-0.3, -0.25) is 14.5 Å². The van der Waals surface area contributed by atoms with Gasteiger partial charge in [-0.1, -0.05) is 13.0 Å². The summed E-state index contributed by atoms with van der Waals surface area (Å²) < 4.78 is 25.0. The van der Waals surface area contributed by atoms with Crippen LogP contribution in [-0.4, -0.2) is 11.6 Å². The summed E-state index contributed by atoms with van der Waals surface area (Å²) in [6.45, 7) is 0.791. The zero-order valence-corrected chi connectivity index (χ0v) is 7.46. The topological polar surface area (TPSA) is 43.1 Å². The molecule has 0 aromatic heterocycles. The molecule has 75 valence electrons. The van der Waals surface area contributed by atoms with Crippen molar-refractivity contribution in [3.05, 3.63) is 45.6 Å². The van der Waals surface area contributed by atoms with Crippen LogP contribution >= 0.6 is 0 Å². The smallest absolute Gasteiger partial charge is 0.258 e. The van der Waals surface area contributed by atoms with Crippen LogP contribution in [-0.2, 0) is 0 Å². The number of halogens is 2. The monoisotopic (exact) mass is 200 g/mol. The number of alkyl halides is 1. The second-order valence-corrected chi connectivity index (χ2v) is 2.84. The van der Waals surface area contributed by atoms with E-state index in [9.17, 15) is 18.9 Å². The van der Waals surface area contributed by atoms with Crippen LogP contribution in [0.15, 0.2) is 18.2 Å². The van der Waals surface area contributed by atoms with E-state index in [1.54, 1.807) is 0 Å². The first-order valence-electron chi connectivity index (χ1n) is 3.89. The maximum absolute atomic E-state index is 12.8. The molecule has 0 saturated heterocycles.